The summed E-state index contributed by atoms with van der Waals surface area (Å²) in [5, 5.41) is 3.57. The van der Waals surface area contributed by atoms with E-state index in [4.69, 9.17) is 11.6 Å². The monoisotopic (exact) mass is 362 g/mol. The Labute approximate surface area is 148 Å². The molecule has 0 bridgehead atoms. The molecule has 0 aliphatic carbocycles. The Morgan fingerprint density at radius 2 is 2.04 bits per heavy atom. The van der Waals surface area contributed by atoms with E-state index in [1.807, 2.05) is 24.3 Å². The Balaban J connectivity index is 1.51. The number of benzene rings is 2. The van der Waals surface area contributed by atoms with Crippen molar-refractivity contribution in [3.63, 3.8) is 0 Å². The highest BCUT2D eigenvalue weighted by atomic mass is 35.5. The van der Waals surface area contributed by atoms with Crippen molar-refractivity contribution in [3.8, 4) is 0 Å². The van der Waals surface area contributed by atoms with E-state index in [1.165, 1.54) is 16.2 Å². The van der Waals surface area contributed by atoms with Crippen LogP contribution in [0.25, 0.3) is 10.2 Å². The van der Waals surface area contributed by atoms with Gasteiger partial charge in [-0.3, -0.25) is 4.79 Å². The lowest BCUT2D eigenvalue weighted by atomic mass is 10.2. The third-order valence-electron chi connectivity index (χ3n) is 3.27. The van der Waals surface area contributed by atoms with E-state index in [-0.39, 0.29) is 5.91 Å². The zero-order chi connectivity index (χ0) is 16.1. The largest absolute Gasteiger partial charge is 0.325 e. The number of hydrogen-bond acceptors (Lipinski definition) is 4. The van der Waals surface area contributed by atoms with Gasteiger partial charge in [-0.05, 0) is 36.4 Å². The van der Waals surface area contributed by atoms with Gasteiger partial charge in [-0.25, -0.2) is 4.98 Å². The average molecular weight is 363 g/mol. The maximum Gasteiger partial charge on any atom is 0.224 e. The van der Waals surface area contributed by atoms with E-state index < -0.39 is 0 Å². The van der Waals surface area contributed by atoms with Crippen molar-refractivity contribution in [2.45, 2.75) is 17.7 Å². The highest BCUT2D eigenvalue weighted by Gasteiger charge is 2.10. The van der Waals surface area contributed by atoms with Crippen molar-refractivity contribution in [2.24, 2.45) is 0 Å². The molecule has 3 nitrogen and oxygen atoms in total. The second-order valence-corrected chi connectivity index (χ2v) is 7.37. The smallest absolute Gasteiger partial charge is 0.224 e. The van der Waals surface area contributed by atoms with Gasteiger partial charge in [0.1, 0.15) is 5.52 Å². The Morgan fingerprint density at radius 3 is 2.87 bits per heavy atom. The van der Waals surface area contributed by atoms with Gasteiger partial charge >= 0.3 is 0 Å². The van der Waals surface area contributed by atoms with Crippen molar-refractivity contribution >= 4 is 56.5 Å². The Kier molecular flexibility index (Phi) is 5.54. The van der Waals surface area contributed by atoms with Crippen molar-refractivity contribution in [1.29, 1.82) is 0 Å². The molecule has 0 aliphatic rings. The predicted octanol–water partition coefficient (Wildman–Crippen LogP) is 5.46. The maximum atomic E-state index is 12.1. The third kappa shape index (κ3) is 4.25. The normalized spacial score (nSPS) is 10.8. The molecule has 23 heavy (non-hydrogen) atoms. The molecule has 6 heteroatoms. The summed E-state index contributed by atoms with van der Waals surface area (Å²) < 4.78 is 0.921. The molecule has 0 atom stereocenters. The molecule has 0 radical (unpaired) electrons. The van der Waals surface area contributed by atoms with Crippen LogP contribution in [0.3, 0.4) is 0 Å². The summed E-state index contributed by atoms with van der Waals surface area (Å²) in [7, 11) is 0. The van der Waals surface area contributed by atoms with Crippen molar-refractivity contribution < 1.29 is 4.79 Å². The van der Waals surface area contributed by atoms with Gasteiger partial charge in [-0.15, -0.1) is 23.1 Å². The molecule has 3 rings (SSSR count). The number of fused-ring (bicyclic) bond motifs is 1. The molecule has 0 saturated carbocycles. The number of nitrogens with one attached hydrogen (secondary N) is 1. The van der Waals surface area contributed by atoms with Crippen molar-refractivity contribution in [3.05, 3.63) is 53.0 Å². The predicted molar refractivity (Wildman–Crippen MR) is 99.7 cm³/mol. The highest BCUT2D eigenvalue weighted by molar-refractivity contribution is 7.99. The average Bonchev–Trinajstić information content (AvgIpc) is 3.06. The maximum absolute atomic E-state index is 12.1. The molecule has 0 fully saturated rings. The minimum atomic E-state index is 0.0238. The van der Waals surface area contributed by atoms with E-state index in [2.05, 4.69) is 22.4 Å². The fourth-order valence-corrected chi connectivity index (χ4v) is 4.09. The summed E-state index contributed by atoms with van der Waals surface area (Å²) in [5.41, 5.74) is 3.27. The summed E-state index contributed by atoms with van der Waals surface area (Å²) in [4.78, 5) is 17.6. The first-order valence-corrected chi connectivity index (χ1v) is 9.48. The summed E-state index contributed by atoms with van der Waals surface area (Å²) >= 11 is 9.35. The SMILES string of the molecule is O=C(CCCSc1ccccc1)Nc1ccc(Cl)c2ncsc12. The van der Waals surface area contributed by atoms with Crippen LogP contribution in [-0.4, -0.2) is 16.6 Å². The molecule has 0 unspecified atom stereocenters. The number of thiazole rings is 1. The third-order valence-corrected chi connectivity index (χ3v) is 5.53. The number of thioether (sulfide) groups is 1. The van der Waals surface area contributed by atoms with Gasteiger partial charge in [-0.1, -0.05) is 29.8 Å². The molecular formula is C17H15ClN2OS2. The first-order chi connectivity index (χ1) is 11.2. The minimum Gasteiger partial charge on any atom is -0.325 e. The molecule has 1 heterocycles. The number of rotatable bonds is 6. The number of amides is 1. The zero-order valence-electron chi connectivity index (χ0n) is 12.3. The van der Waals surface area contributed by atoms with Crippen LogP contribution in [0.4, 0.5) is 5.69 Å². The van der Waals surface area contributed by atoms with Gasteiger partial charge in [0.25, 0.3) is 0 Å². The van der Waals surface area contributed by atoms with Crippen LogP contribution in [0, 0.1) is 0 Å². The van der Waals surface area contributed by atoms with Crippen LogP contribution in [-0.2, 0) is 4.79 Å². The molecule has 3 aromatic rings. The molecule has 1 aromatic heterocycles. The molecule has 1 N–H and O–H groups in total. The van der Waals surface area contributed by atoms with E-state index >= 15 is 0 Å². The fourth-order valence-electron chi connectivity index (χ4n) is 2.17. The van der Waals surface area contributed by atoms with E-state index in [9.17, 15) is 4.79 Å². The Bertz CT molecular complexity index is 805. The molecule has 0 saturated heterocycles. The zero-order valence-corrected chi connectivity index (χ0v) is 14.7. The first kappa shape index (κ1) is 16.3. The van der Waals surface area contributed by atoms with Crippen LogP contribution in [0.5, 0.6) is 0 Å². The van der Waals surface area contributed by atoms with Crippen LogP contribution >= 0.6 is 34.7 Å². The van der Waals surface area contributed by atoms with Crippen LogP contribution in [0.2, 0.25) is 5.02 Å². The van der Waals surface area contributed by atoms with Crippen molar-refractivity contribution in [2.75, 3.05) is 11.1 Å². The first-order valence-electron chi connectivity index (χ1n) is 7.23. The fraction of sp³-hybridized carbons (Fsp3) is 0.176. The molecule has 1 amide bonds. The van der Waals surface area contributed by atoms with Crippen molar-refractivity contribution in [1.82, 2.24) is 4.98 Å². The van der Waals surface area contributed by atoms with Gasteiger partial charge in [0.05, 0.1) is 20.9 Å². The number of halogens is 1. The molecule has 0 spiro atoms. The Morgan fingerprint density at radius 1 is 1.22 bits per heavy atom. The summed E-state index contributed by atoms with van der Waals surface area (Å²) in [6.45, 7) is 0. The number of carbonyl (C=O) groups excluding carboxylic acids is 1. The lowest BCUT2D eigenvalue weighted by Gasteiger charge is -2.07. The number of carbonyl (C=O) groups is 1. The number of aromatic nitrogens is 1. The number of nitrogens with zero attached hydrogens (tertiary/aromatic N) is 1. The minimum absolute atomic E-state index is 0.0238. The van der Waals surface area contributed by atoms with Gasteiger partial charge < -0.3 is 5.32 Å². The lowest BCUT2D eigenvalue weighted by Crippen LogP contribution is -2.11. The van der Waals surface area contributed by atoms with E-state index in [0.717, 1.165) is 28.1 Å². The summed E-state index contributed by atoms with van der Waals surface area (Å²) in [6.07, 6.45) is 1.34. The van der Waals surface area contributed by atoms with Gasteiger partial charge in [0.2, 0.25) is 5.91 Å². The number of anilines is 1. The summed E-state index contributed by atoms with van der Waals surface area (Å²) in [5.74, 6) is 0.948. The standard InChI is InChI=1S/C17H15ClN2OS2/c18-13-8-9-14(17-16(13)19-11-23-17)20-15(21)7-4-10-22-12-5-2-1-3-6-12/h1-3,5-6,8-9,11H,4,7,10H2,(H,20,21). The molecular weight excluding hydrogens is 348 g/mol. The molecule has 2 aromatic carbocycles. The van der Waals surface area contributed by atoms with E-state index in [0.29, 0.717) is 11.4 Å². The second kappa shape index (κ2) is 7.81. The second-order valence-electron chi connectivity index (χ2n) is 4.94. The van der Waals surface area contributed by atoms with Gasteiger partial charge in [0, 0.05) is 11.3 Å². The van der Waals surface area contributed by atoms with Gasteiger partial charge in [0.15, 0.2) is 0 Å². The molecule has 0 aliphatic heterocycles. The lowest BCUT2D eigenvalue weighted by molar-refractivity contribution is -0.116. The highest BCUT2D eigenvalue weighted by Crippen LogP contribution is 2.32. The van der Waals surface area contributed by atoms with Crippen LogP contribution in [0.1, 0.15) is 12.8 Å². The quantitative estimate of drug-likeness (QED) is 0.467. The number of hydrogen-bond donors (Lipinski definition) is 1. The topological polar surface area (TPSA) is 42.0 Å². The molecule has 118 valence electrons. The van der Waals surface area contributed by atoms with Gasteiger partial charge in [-0.2, -0.15) is 0 Å². The Hall–Kier alpha value is -1.56. The van der Waals surface area contributed by atoms with Crippen LogP contribution in [0.15, 0.2) is 52.9 Å². The van der Waals surface area contributed by atoms with Crippen LogP contribution < -0.4 is 5.32 Å². The van der Waals surface area contributed by atoms with E-state index in [1.54, 1.807) is 23.3 Å². The summed E-state index contributed by atoms with van der Waals surface area (Å²) in [6, 6.07) is 13.8.